The summed E-state index contributed by atoms with van der Waals surface area (Å²) in [5, 5.41) is 11.1. The van der Waals surface area contributed by atoms with E-state index in [2.05, 4.69) is 15.5 Å². The van der Waals surface area contributed by atoms with Crippen LogP contribution in [-0.4, -0.2) is 27.0 Å². The molecule has 0 aliphatic carbocycles. The van der Waals surface area contributed by atoms with Gasteiger partial charge in [0.25, 0.3) is 0 Å². The lowest BCUT2D eigenvalue weighted by molar-refractivity contribution is -0.122. The summed E-state index contributed by atoms with van der Waals surface area (Å²) in [7, 11) is 0. The molecule has 2 aromatic heterocycles. The lowest BCUT2D eigenvalue weighted by atomic mass is 10.1. The van der Waals surface area contributed by atoms with Crippen molar-refractivity contribution in [1.29, 1.82) is 0 Å². The fourth-order valence-corrected chi connectivity index (χ4v) is 1.92. The van der Waals surface area contributed by atoms with E-state index in [1.165, 1.54) is 0 Å². The number of rotatable bonds is 5. The first-order chi connectivity index (χ1) is 9.11. The van der Waals surface area contributed by atoms with Crippen molar-refractivity contribution in [3.8, 4) is 0 Å². The molecule has 102 valence electrons. The van der Waals surface area contributed by atoms with Gasteiger partial charge in [0, 0.05) is 12.6 Å². The molecule has 0 aliphatic rings. The van der Waals surface area contributed by atoms with Gasteiger partial charge in [-0.1, -0.05) is 13.0 Å². The summed E-state index contributed by atoms with van der Waals surface area (Å²) in [6, 6.07) is 5.50. The summed E-state index contributed by atoms with van der Waals surface area (Å²) in [5.41, 5.74) is 6.29. The Labute approximate surface area is 112 Å². The van der Waals surface area contributed by atoms with Crippen LogP contribution in [0.3, 0.4) is 0 Å². The van der Waals surface area contributed by atoms with Crippen LogP contribution in [0.15, 0.2) is 24.4 Å². The fraction of sp³-hybridized carbons (Fsp3) is 0.462. The van der Waals surface area contributed by atoms with Gasteiger partial charge in [0.2, 0.25) is 5.91 Å². The fourth-order valence-electron chi connectivity index (χ4n) is 1.92. The summed E-state index contributed by atoms with van der Waals surface area (Å²) in [6.45, 7) is 4.36. The molecule has 2 rings (SSSR count). The SMILES string of the molecule is CC(CN)CC(=O)NC(C)c1nnc2ccccn12. The number of nitrogens with one attached hydrogen (secondary N) is 1. The zero-order valence-electron chi connectivity index (χ0n) is 11.2. The number of hydrogen-bond donors (Lipinski definition) is 2. The van der Waals surface area contributed by atoms with Crippen LogP contribution < -0.4 is 11.1 Å². The quantitative estimate of drug-likeness (QED) is 0.837. The monoisotopic (exact) mass is 261 g/mol. The molecule has 0 fully saturated rings. The smallest absolute Gasteiger partial charge is 0.220 e. The van der Waals surface area contributed by atoms with Crippen molar-refractivity contribution < 1.29 is 4.79 Å². The zero-order valence-corrected chi connectivity index (χ0v) is 11.2. The van der Waals surface area contributed by atoms with Crippen LogP contribution in [0.2, 0.25) is 0 Å². The Kier molecular flexibility index (Phi) is 4.11. The van der Waals surface area contributed by atoms with Crippen LogP contribution >= 0.6 is 0 Å². The Balaban J connectivity index is 2.07. The van der Waals surface area contributed by atoms with Gasteiger partial charge in [-0.25, -0.2) is 0 Å². The maximum atomic E-state index is 11.8. The highest BCUT2D eigenvalue weighted by molar-refractivity contribution is 5.76. The standard InChI is InChI=1S/C13H19N5O/c1-9(8-14)7-12(19)15-10(2)13-17-16-11-5-3-4-6-18(11)13/h3-6,9-10H,7-8,14H2,1-2H3,(H,15,19). The summed E-state index contributed by atoms with van der Waals surface area (Å²) >= 11 is 0. The van der Waals surface area contributed by atoms with Crippen LogP contribution in [0.25, 0.3) is 5.65 Å². The Morgan fingerprint density at radius 1 is 1.42 bits per heavy atom. The first kappa shape index (κ1) is 13.5. The van der Waals surface area contributed by atoms with Gasteiger partial charge in [-0.05, 0) is 31.5 Å². The second-order valence-electron chi connectivity index (χ2n) is 4.82. The largest absolute Gasteiger partial charge is 0.346 e. The number of nitrogens with two attached hydrogens (primary N) is 1. The number of amides is 1. The van der Waals surface area contributed by atoms with Crippen LogP contribution in [-0.2, 0) is 4.79 Å². The van der Waals surface area contributed by atoms with Crippen LogP contribution in [0.4, 0.5) is 0 Å². The average molecular weight is 261 g/mol. The summed E-state index contributed by atoms with van der Waals surface area (Å²) < 4.78 is 1.87. The molecule has 0 saturated heterocycles. The van der Waals surface area contributed by atoms with E-state index in [1.54, 1.807) is 0 Å². The molecule has 19 heavy (non-hydrogen) atoms. The summed E-state index contributed by atoms with van der Waals surface area (Å²) in [4.78, 5) is 11.8. The third-order valence-electron chi connectivity index (χ3n) is 3.04. The lowest BCUT2D eigenvalue weighted by Gasteiger charge is -2.14. The van der Waals surface area contributed by atoms with Gasteiger partial charge in [-0.15, -0.1) is 10.2 Å². The molecule has 2 atom stereocenters. The molecule has 0 aromatic carbocycles. The Hall–Kier alpha value is -1.95. The van der Waals surface area contributed by atoms with E-state index in [1.807, 2.05) is 42.6 Å². The predicted octanol–water partition coefficient (Wildman–Crippen LogP) is 0.891. The van der Waals surface area contributed by atoms with Gasteiger partial charge in [0.1, 0.15) is 0 Å². The minimum Gasteiger partial charge on any atom is -0.346 e. The van der Waals surface area contributed by atoms with E-state index in [0.29, 0.717) is 13.0 Å². The molecule has 6 nitrogen and oxygen atoms in total. The molecule has 0 saturated carbocycles. The highest BCUT2D eigenvalue weighted by atomic mass is 16.1. The highest BCUT2D eigenvalue weighted by Gasteiger charge is 2.16. The average Bonchev–Trinajstić information content (AvgIpc) is 2.82. The molecule has 0 bridgehead atoms. The zero-order chi connectivity index (χ0) is 13.8. The summed E-state index contributed by atoms with van der Waals surface area (Å²) in [6.07, 6.45) is 2.31. The normalized spacial score (nSPS) is 14.3. The van der Waals surface area contributed by atoms with Crippen LogP contribution in [0.1, 0.15) is 32.1 Å². The summed E-state index contributed by atoms with van der Waals surface area (Å²) in [5.74, 6) is 0.893. The van der Waals surface area contributed by atoms with E-state index in [4.69, 9.17) is 5.73 Å². The first-order valence-electron chi connectivity index (χ1n) is 6.41. The Bertz CT molecular complexity index is 565. The maximum absolute atomic E-state index is 11.8. The third kappa shape index (κ3) is 3.08. The Morgan fingerprint density at radius 3 is 2.95 bits per heavy atom. The highest BCUT2D eigenvalue weighted by Crippen LogP contribution is 2.12. The lowest BCUT2D eigenvalue weighted by Crippen LogP contribution is -2.30. The van der Waals surface area contributed by atoms with Gasteiger partial charge in [-0.3, -0.25) is 9.20 Å². The molecule has 3 N–H and O–H groups in total. The van der Waals surface area contributed by atoms with Gasteiger partial charge in [0.05, 0.1) is 6.04 Å². The van der Waals surface area contributed by atoms with Crippen molar-refractivity contribution in [2.24, 2.45) is 11.7 Å². The van der Waals surface area contributed by atoms with E-state index in [0.717, 1.165) is 11.5 Å². The van der Waals surface area contributed by atoms with Gasteiger partial charge < -0.3 is 11.1 Å². The second-order valence-corrected chi connectivity index (χ2v) is 4.82. The van der Waals surface area contributed by atoms with Gasteiger partial charge in [-0.2, -0.15) is 0 Å². The molecule has 6 heteroatoms. The predicted molar refractivity (Wildman–Crippen MR) is 72.4 cm³/mol. The molecular formula is C13H19N5O. The number of nitrogens with zero attached hydrogens (tertiary/aromatic N) is 3. The molecule has 0 aliphatic heterocycles. The number of carbonyl (C=O) groups is 1. The van der Waals surface area contributed by atoms with E-state index >= 15 is 0 Å². The number of aromatic nitrogens is 3. The number of hydrogen-bond acceptors (Lipinski definition) is 4. The van der Waals surface area contributed by atoms with E-state index < -0.39 is 0 Å². The molecule has 2 aromatic rings. The van der Waals surface area contributed by atoms with Crippen molar-refractivity contribution in [3.05, 3.63) is 30.2 Å². The van der Waals surface area contributed by atoms with Crippen LogP contribution in [0, 0.1) is 5.92 Å². The second kappa shape index (κ2) is 5.79. The van der Waals surface area contributed by atoms with Crippen molar-refractivity contribution in [2.45, 2.75) is 26.3 Å². The van der Waals surface area contributed by atoms with E-state index in [-0.39, 0.29) is 17.9 Å². The minimum absolute atomic E-state index is 0.0156. The number of fused-ring (bicyclic) bond motifs is 1. The molecule has 0 radical (unpaired) electrons. The number of carbonyl (C=O) groups excluding carboxylic acids is 1. The molecule has 2 unspecified atom stereocenters. The topological polar surface area (TPSA) is 85.3 Å². The molecule has 0 spiro atoms. The van der Waals surface area contributed by atoms with Crippen molar-refractivity contribution >= 4 is 11.6 Å². The van der Waals surface area contributed by atoms with E-state index in [9.17, 15) is 4.79 Å². The minimum atomic E-state index is -0.185. The molecular weight excluding hydrogens is 242 g/mol. The van der Waals surface area contributed by atoms with Crippen molar-refractivity contribution in [1.82, 2.24) is 19.9 Å². The number of pyridine rings is 1. The molecule has 2 heterocycles. The Morgan fingerprint density at radius 2 is 2.21 bits per heavy atom. The van der Waals surface area contributed by atoms with Crippen molar-refractivity contribution in [3.63, 3.8) is 0 Å². The van der Waals surface area contributed by atoms with Crippen molar-refractivity contribution in [2.75, 3.05) is 6.54 Å². The van der Waals surface area contributed by atoms with Crippen LogP contribution in [0.5, 0.6) is 0 Å². The first-order valence-corrected chi connectivity index (χ1v) is 6.41. The maximum Gasteiger partial charge on any atom is 0.220 e. The van der Waals surface area contributed by atoms with Gasteiger partial charge in [0.15, 0.2) is 11.5 Å². The van der Waals surface area contributed by atoms with Gasteiger partial charge >= 0.3 is 0 Å². The molecule has 1 amide bonds. The third-order valence-corrected chi connectivity index (χ3v) is 3.04.